The summed E-state index contributed by atoms with van der Waals surface area (Å²) in [5.41, 5.74) is 0. The molecule has 0 unspecified atom stereocenters. The molecule has 0 saturated carbocycles. The van der Waals surface area contributed by atoms with Gasteiger partial charge in [-0.1, -0.05) is 44.8 Å². The van der Waals surface area contributed by atoms with Crippen LogP contribution < -0.4 is 0 Å². The van der Waals surface area contributed by atoms with E-state index in [1.165, 1.54) is 38.5 Å². The average molecular weight is 259 g/mol. The maximum atomic E-state index is 5.05. The minimum absolute atomic E-state index is 0.253. The van der Waals surface area contributed by atoms with Crippen molar-refractivity contribution in [3.63, 3.8) is 0 Å². The molecule has 0 aliphatic carbocycles. The molecule has 0 aromatic heterocycles. The highest BCUT2D eigenvalue weighted by atomic mass is 32.1. The van der Waals surface area contributed by atoms with E-state index in [2.05, 4.69) is 43.9 Å². The van der Waals surface area contributed by atoms with Gasteiger partial charge in [0.1, 0.15) is 0 Å². The quantitative estimate of drug-likeness (QED) is 0.247. The summed E-state index contributed by atoms with van der Waals surface area (Å²) in [6.45, 7) is 2.87. The summed E-state index contributed by atoms with van der Waals surface area (Å²) in [6.07, 6.45) is 14.5. The number of hydrogen-bond donors (Lipinski definition) is 0. The van der Waals surface area contributed by atoms with Crippen molar-refractivity contribution in [2.75, 3.05) is 6.61 Å². The van der Waals surface area contributed by atoms with E-state index in [0.29, 0.717) is 6.61 Å². The van der Waals surface area contributed by atoms with Crippen LogP contribution >= 0.6 is 12.2 Å². The summed E-state index contributed by atoms with van der Waals surface area (Å²) in [5.74, 6) is 0. The van der Waals surface area contributed by atoms with Crippen LogP contribution in [0.1, 0.15) is 58.3 Å². The fraction of sp³-hybridized carbons (Fsp3) is 0.769. The summed E-state index contributed by atoms with van der Waals surface area (Å²) in [5, 5.41) is 0. The van der Waals surface area contributed by atoms with E-state index in [1.54, 1.807) is 0 Å². The average Bonchev–Trinajstić information content (AvgIpc) is 2.25. The zero-order valence-electron chi connectivity index (χ0n) is 10.2. The summed E-state index contributed by atoms with van der Waals surface area (Å²) in [7, 11) is 0. The molecule has 0 aromatic carbocycles. The Morgan fingerprint density at radius 2 is 1.69 bits per heavy atom. The van der Waals surface area contributed by atoms with Gasteiger partial charge in [-0.3, -0.25) is 0 Å². The highest BCUT2D eigenvalue weighted by Crippen LogP contribution is 2.07. The van der Waals surface area contributed by atoms with E-state index in [4.69, 9.17) is 4.74 Å². The molecule has 1 nitrogen and oxygen atoms in total. The predicted octanol–water partition coefficient (Wildman–Crippen LogP) is 4.53. The van der Waals surface area contributed by atoms with E-state index in [-0.39, 0.29) is 4.38 Å². The molecule has 94 valence electrons. The molecule has 0 rings (SSSR count). The zero-order chi connectivity index (χ0) is 12.1. The molecule has 0 bridgehead atoms. The molecule has 0 aliphatic rings. The van der Waals surface area contributed by atoms with Crippen molar-refractivity contribution >= 4 is 29.2 Å². The normalized spacial score (nSPS) is 10.8. The van der Waals surface area contributed by atoms with Gasteiger partial charge in [0.15, 0.2) is 0 Å². The van der Waals surface area contributed by atoms with Crippen LogP contribution in [0.5, 0.6) is 0 Å². The molecule has 0 fully saturated rings. The minimum Gasteiger partial charge on any atom is -0.514 e. The predicted molar refractivity (Wildman–Crippen MR) is 77.7 cm³/mol. The molecule has 0 spiro atoms. The van der Waals surface area contributed by atoms with Crippen LogP contribution in [0.25, 0.3) is 0 Å². The molecule has 3 heteroatoms. The topological polar surface area (TPSA) is 9.23 Å². The van der Waals surface area contributed by atoms with Gasteiger partial charge in [-0.05, 0) is 25.7 Å². The molecule has 0 amide bonds. The monoisotopic (exact) mass is 259 g/mol. The SMILES string of the molecule is CC/C=C/CCCCCCCCOC(=S)[S-]. The van der Waals surface area contributed by atoms with Crippen molar-refractivity contribution in [1.82, 2.24) is 0 Å². The van der Waals surface area contributed by atoms with E-state index in [1.807, 2.05) is 0 Å². The molecule has 0 aliphatic heterocycles. The lowest BCUT2D eigenvalue weighted by atomic mass is 10.1. The molecule has 0 saturated heterocycles. The molecule has 0 atom stereocenters. The minimum atomic E-state index is 0.253. The fourth-order valence-electron chi connectivity index (χ4n) is 1.51. The summed E-state index contributed by atoms with van der Waals surface area (Å²) >= 11 is 9.30. The smallest absolute Gasteiger partial charge is 0.0858 e. The molecular formula is C13H23OS2-. The van der Waals surface area contributed by atoms with Crippen molar-refractivity contribution in [2.24, 2.45) is 0 Å². The van der Waals surface area contributed by atoms with Crippen LogP contribution in [-0.4, -0.2) is 11.0 Å². The van der Waals surface area contributed by atoms with Crippen LogP contribution in [0.4, 0.5) is 0 Å². The Labute approximate surface area is 111 Å². The van der Waals surface area contributed by atoms with Crippen LogP contribution in [0.15, 0.2) is 12.2 Å². The maximum absolute atomic E-state index is 5.05. The summed E-state index contributed by atoms with van der Waals surface area (Å²) in [4.78, 5) is 0. The Hall–Kier alpha value is -0.150. The maximum Gasteiger partial charge on any atom is 0.0858 e. The Balaban J connectivity index is 2.98. The Morgan fingerprint density at radius 3 is 2.31 bits per heavy atom. The van der Waals surface area contributed by atoms with Crippen LogP contribution in [0.2, 0.25) is 0 Å². The molecule has 0 radical (unpaired) electrons. The van der Waals surface area contributed by atoms with Gasteiger partial charge in [0, 0.05) is 4.38 Å². The van der Waals surface area contributed by atoms with Crippen molar-refractivity contribution < 1.29 is 4.74 Å². The van der Waals surface area contributed by atoms with E-state index in [9.17, 15) is 0 Å². The second kappa shape index (κ2) is 12.9. The summed E-state index contributed by atoms with van der Waals surface area (Å²) < 4.78 is 5.30. The first-order valence-electron chi connectivity index (χ1n) is 6.26. The lowest BCUT2D eigenvalue weighted by molar-refractivity contribution is 0.308. The van der Waals surface area contributed by atoms with Crippen LogP contribution in [0, 0.1) is 0 Å². The first-order valence-corrected chi connectivity index (χ1v) is 7.07. The zero-order valence-corrected chi connectivity index (χ0v) is 11.9. The molecular weight excluding hydrogens is 236 g/mol. The Kier molecular flexibility index (Phi) is 12.8. The van der Waals surface area contributed by atoms with Gasteiger partial charge in [-0.25, -0.2) is 0 Å². The number of thiocarbonyl (C=S) groups is 1. The van der Waals surface area contributed by atoms with Crippen LogP contribution in [-0.2, 0) is 17.4 Å². The first-order chi connectivity index (χ1) is 7.77. The van der Waals surface area contributed by atoms with E-state index in [0.717, 1.165) is 12.8 Å². The van der Waals surface area contributed by atoms with E-state index >= 15 is 0 Å². The lowest BCUT2D eigenvalue weighted by Crippen LogP contribution is -1.98. The van der Waals surface area contributed by atoms with Gasteiger partial charge in [0.05, 0.1) is 6.61 Å². The van der Waals surface area contributed by atoms with Gasteiger partial charge in [-0.15, -0.1) is 0 Å². The first kappa shape index (κ1) is 15.9. The standard InChI is InChI=1S/C13H24OS2/c1-2-3-4-5-6-7-8-9-10-11-12-14-13(15)16/h3-4H,2,5-12H2,1H3,(H,15,16)/p-1/b4-3+. The lowest BCUT2D eigenvalue weighted by Gasteiger charge is -2.08. The molecule has 0 N–H and O–H groups in total. The number of unbranched alkanes of at least 4 members (excludes halogenated alkanes) is 6. The number of hydrogen-bond acceptors (Lipinski definition) is 3. The number of allylic oxidation sites excluding steroid dienone is 2. The van der Waals surface area contributed by atoms with Crippen molar-refractivity contribution in [1.29, 1.82) is 0 Å². The van der Waals surface area contributed by atoms with Gasteiger partial charge in [0.25, 0.3) is 0 Å². The Morgan fingerprint density at radius 1 is 1.06 bits per heavy atom. The van der Waals surface area contributed by atoms with Gasteiger partial charge in [0.2, 0.25) is 0 Å². The molecule has 0 aromatic rings. The second-order valence-corrected chi connectivity index (χ2v) is 4.89. The highest BCUT2D eigenvalue weighted by Gasteiger charge is 1.91. The third-order valence-corrected chi connectivity index (χ3v) is 2.62. The van der Waals surface area contributed by atoms with Crippen molar-refractivity contribution in [3.8, 4) is 0 Å². The van der Waals surface area contributed by atoms with Gasteiger partial charge >= 0.3 is 0 Å². The van der Waals surface area contributed by atoms with Crippen molar-refractivity contribution in [2.45, 2.75) is 58.3 Å². The van der Waals surface area contributed by atoms with Gasteiger partial charge in [-0.2, -0.15) is 0 Å². The van der Waals surface area contributed by atoms with Crippen LogP contribution in [0.3, 0.4) is 0 Å². The third kappa shape index (κ3) is 13.8. The number of ether oxygens (including phenoxy) is 1. The molecule has 16 heavy (non-hydrogen) atoms. The fourth-order valence-corrected chi connectivity index (χ4v) is 1.68. The Bertz CT molecular complexity index is 190. The molecule has 0 heterocycles. The third-order valence-electron chi connectivity index (χ3n) is 2.39. The van der Waals surface area contributed by atoms with E-state index < -0.39 is 0 Å². The summed E-state index contributed by atoms with van der Waals surface area (Å²) in [6, 6.07) is 0. The van der Waals surface area contributed by atoms with Gasteiger partial charge < -0.3 is 29.6 Å². The number of rotatable bonds is 10. The second-order valence-electron chi connectivity index (χ2n) is 3.89. The highest BCUT2D eigenvalue weighted by molar-refractivity contribution is 7.99. The van der Waals surface area contributed by atoms with Crippen molar-refractivity contribution in [3.05, 3.63) is 12.2 Å². The largest absolute Gasteiger partial charge is 0.514 e.